The molecule has 0 unspecified atom stereocenters. The predicted octanol–water partition coefficient (Wildman–Crippen LogP) is 2.65. The van der Waals surface area contributed by atoms with Crippen molar-refractivity contribution >= 4 is 52.2 Å². The van der Waals surface area contributed by atoms with Crippen molar-refractivity contribution in [2.45, 2.75) is 44.4 Å². The molecule has 0 aliphatic carbocycles. The van der Waals surface area contributed by atoms with Crippen LogP contribution in [0.25, 0.3) is 0 Å². The number of nitrogens with zero attached hydrogens (tertiary/aromatic N) is 5. The highest BCUT2D eigenvalue weighted by Crippen LogP contribution is 2.33. The Bertz CT molecular complexity index is 1340. The van der Waals surface area contributed by atoms with E-state index in [-0.39, 0.29) is 27.9 Å². The first-order chi connectivity index (χ1) is 16.7. The average molecular weight is 543 g/mol. The van der Waals surface area contributed by atoms with Crippen LogP contribution in [0.5, 0.6) is 0 Å². The lowest BCUT2D eigenvalue weighted by Crippen LogP contribution is -2.31. The van der Waals surface area contributed by atoms with E-state index < -0.39 is 11.8 Å². The quantitative estimate of drug-likeness (QED) is 0.371. The molecule has 0 spiro atoms. The molecule has 1 aliphatic rings. The first-order valence-corrected chi connectivity index (χ1v) is 12.6. The van der Waals surface area contributed by atoms with Crippen molar-refractivity contribution in [2.75, 3.05) is 18.6 Å². The Hall–Kier alpha value is -2.74. The molecule has 3 N–H and O–H groups in total. The number of carbonyl (C=O) groups excluding carboxylic acids is 1. The molecule has 1 aliphatic heterocycles. The van der Waals surface area contributed by atoms with Gasteiger partial charge in [0.25, 0.3) is 0 Å². The van der Waals surface area contributed by atoms with Gasteiger partial charge in [-0.25, -0.2) is 24.0 Å². The second kappa shape index (κ2) is 12.3. The molecule has 3 heterocycles. The summed E-state index contributed by atoms with van der Waals surface area (Å²) in [5, 5.41) is 8.85. The van der Waals surface area contributed by atoms with Gasteiger partial charge in [-0.1, -0.05) is 11.6 Å². The van der Waals surface area contributed by atoms with Gasteiger partial charge in [0.1, 0.15) is 23.1 Å². The summed E-state index contributed by atoms with van der Waals surface area (Å²) < 4.78 is 22.3. The van der Waals surface area contributed by atoms with Gasteiger partial charge >= 0.3 is 10.8 Å². The Kier molecular flexibility index (Phi) is 9.43. The molecule has 188 valence electrons. The molecule has 3 aromatic rings. The molecule has 0 atom stereocenters. The van der Waals surface area contributed by atoms with E-state index in [1.54, 1.807) is 16.3 Å². The van der Waals surface area contributed by atoms with E-state index in [9.17, 15) is 14.0 Å². The third-order valence-electron chi connectivity index (χ3n) is 4.87. The number of nitrogen functional groups attached to an aromatic ring is 1. The van der Waals surface area contributed by atoms with Crippen LogP contribution >= 0.6 is 34.7 Å². The number of hydrogen-bond acceptors (Lipinski definition) is 10. The predicted molar refractivity (Wildman–Crippen MR) is 132 cm³/mol. The van der Waals surface area contributed by atoms with Gasteiger partial charge in [0, 0.05) is 29.7 Å². The van der Waals surface area contributed by atoms with E-state index in [1.165, 1.54) is 19.4 Å². The summed E-state index contributed by atoms with van der Waals surface area (Å²) in [7, 11) is 1.30. The van der Waals surface area contributed by atoms with E-state index in [0.717, 1.165) is 42.0 Å². The van der Waals surface area contributed by atoms with E-state index >= 15 is 0 Å². The van der Waals surface area contributed by atoms with Gasteiger partial charge in [-0.2, -0.15) is 0 Å². The summed E-state index contributed by atoms with van der Waals surface area (Å²) in [6.45, 7) is 2.97. The van der Waals surface area contributed by atoms with Crippen molar-refractivity contribution in [3.05, 3.63) is 55.0 Å². The summed E-state index contributed by atoms with van der Waals surface area (Å²) in [5.74, 6) is 0.0534. The Morgan fingerprint density at radius 2 is 2.09 bits per heavy atom. The fraction of sp³-hybridized carbons (Fsp3) is 0.381. The fourth-order valence-corrected chi connectivity index (χ4v) is 5.05. The van der Waals surface area contributed by atoms with Crippen molar-refractivity contribution in [1.82, 2.24) is 19.3 Å². The van der Waals surface area contributed by atoms with Crippen LogP contribution in [-0.2, 0) is 29.2 Å². The van der Waals surface area contributed by atoms with Crippen molar-refractivity contribution in [3.63, 3.8) is 0 Å². The summed E-state index contributed by atoms with van der Waals surface area (Å²) in [6.07, 6.45) is 3.42. The number of rotatable bonds is 5. The van der Waals surface area contributed by atoms with Crippen LogP contribution in [0.3, 0.4) is 0 Å². The van der Waals surface area contributed by atoms with Gasteiger partial charge in [-0.3, -0.25) is 14.3 Å². The van der Waals surface area contributed by atoms with E-state index in [0.29, 0.717) is 40.0 Å². The molecule has 10 nitrogen and oxygen atoms in total. The maximum absolute atomic E-state index is 14.3. The molecule has 4 rings (SSSR count). The lowest BCUT2D eigenvalue weighted by Gasteiger charge is -2.15. The van der Waals surface area contributed by atoms with Crippen LogP contribution in [0.15, 0.2) is 33.0 Å². The topological polar surface area (TPSA) is 138 Å². The monoisotopic (exact) mass is 542 g/mol. The zero-order valence-electron chi connectivity index (χ0n) is 19.0. The van der Waals surface area contributed by atoms with E-state index in [2.05, 4.69) is 19.7 Å². The van der Waals surface area contributed by atoms with Crippen LogP contribution in [0, 0.1) is 12.7 Å². The van der Waals surface area contributed by atoms with Crippen molar-refractivity contribution in [2.24, 2.45) is 4.99 Å². The first-order valence-electron chi connectivity index (χ1n) is 10.5. The molecular weight excluding hydrogens is 519 g/mol. The standard InChI is InChI=1S/C15H15ClFN3O3S2.C6H9N3O/c1-23-13(21)8-24-12-7-11(10(17)6-9(12)16)18-14-19-4-2-3-5-20(19)15(22)25-14;1-4-8-2-5(3-10)6(7)9-4/h6-7H,2-5,8H2,1H3;2,10H,3H2,1H3,(H2,7,8,9)/b18-14-;. The van der Waals surface area contributed by atoms with Crippen molar-refractivity contribution in [3.8, 4) is 0 Å². The minimum atomic E-state index is -0.580. The third-order valence-corrected chi connectivity index (χ3v) is 7.19. The number of hydrogen-bond donors (Lipinski definition) is 2. The summed E-state index contributed by atoms with van der Waals surface area (Å²) in [6, 6.07) is 2.64. The SMILES string of the molecule is COC(=O)CSc1cc(/N=c2\sc(=O)n3n2CCCC3)c(F)cc1Cl.Cc1ncc(CO)c(N)n1. The molecule has 0 saturated heterocycles. The second-order valence-electron chi connectivity index (χ2n) is 7.30. The van der Waals surface area contributed by atoms with Crippen LogP contribution in [-0.4, -0.2) is 43.3 Å². The number of methoxy groups -OCH3 is 1. The van der Waals surface area contributed by atoms with Crippen LogP contribution < -0.4 is 15.4 Å². The fourth-order valence-electron chi connectivity index (χ4n) is 3.06. The molecule has 1 aromatic carbocycles. The zero-order valence-corrected chi connectivity index (χ0v) is 21.4. The van der Waals surface area contributed by atoms with E-state index in [4.69, 9.17) is 22.4 Å². The highest BCUT2D eigenvalue weighted by atomic mass is 35.5. The minimum absolute atomic E-state index is 0.0605. The average Bonchev–Trinajstić information content (AvgIpc) is 3.15. The van der Waals surface area contributed by atoms with Gasteiger partial charge in [0.15, 0.2) is 0 Å². The van der Waals surface area contributed by atoms with Crippen LogP contribution in [0.1, 0.15) is 24.2 Å². The maximum atomic E-state index is 14.3. The van der Waals surface area contributed by atoms with Crippen molar-refractivity contribution in [1.29, 1.82) is 0 Å². The molecule has 0 saturated carbocycles. The number of thioether (sulfide) groups is 1. The largest absolute Gasteiger partial charge is 0.468 e. The van der Waals surface area contributed by atoms with Gasteiger partial charge in [-0.05, 0) is 43.2 Å². The van der Waals surface area contributed by atoms with Gasteiger partial charge in [0.05, 0.1) is 24.5 Å². The van der Waals surface area contributed by atoms with Gasteiger partial charge in [-0.15, -0.1) is 11.8 Å². The Balaban J connectivity index is 0.000000287. The summed E-state index contributed by atoms with van der Waals surface area (Å²) in [5.41, 5.74) is 6.08. The van der Waals surface area contributed by atoms with Crippen LogP contribution in [0.2, 0.25) is 5.02 Å². The van der Waals surface area contributed by atoms with Crippen LogP contribution in [0.4, 0.5) is 15.9 Å². The number of fused-ring (bicyclic) bond motifs is 1. The second-order valence-corrected chi connectivity index (χ2v) is 9.64. The Labute approximate surface area is 213 Å². The number of halogens is 2. The number of benzene rings is 1. The molecule has 35 heavy (non-hydrogen) atoms. The van der Waals surface area contributed by atoms with E-state index in [1.807, 2.05) is 0 Å². The number of aliphatic hydroxyl groups is 1. The lowest BCUT2D eigenvalue weighted by atomic mass is 10.3. The molecule has 14 heteroatoms. The molecule has 0 bridgehead atoms. The Morgan fingerprint density at radius 3 is 2.74 bits per heavy atom. The minimum Gasteiger partial charge on any atom is -0.468 e. The normalized spacial score (nSPS) is 13.1. The molecule has 0 amide bonds. The van der Waals surface area contributed by atoms with Crippen molar-refractivity contribution < 1.29 is 19.0 Å². The third kappa shape index (κ3) is 6.90. The summed E-state index contributed by atoms with van der Waals surface area (Å²) in [4.78, 5) is 36.2. The number of ether oxygens (including phenoxy) is 1. The Morgan fingerprint density at radius 1 is 1.37 bits per heavy atom. The van der Waals surface area contributed by atoms with Gasteiger partial charge in [0.2, 0.25) is 4.80 Å². The number of aliphatic hydroxyl groups excluding tert-OH is 1. The molecule has 0 fully saturated rings. The first kappa shape index (κ1) is 26.9. The number of aromatic nitrogens is 4. The highest BCUT2D eigenvalue weighted by molar-refractivity contribution is 8.00. The maximum Gasteiger partial charge on any atom is 0.325 e. The zero-order chi connectivity index (χ0) is 25.5. The molecular formula is C21H24ClFN6O4S2. The molecule has 0 radical (unpaired) electrons. The number of aryl methyl sites for hydroxylation is 1. The molecule has 2 aromatic heterocycles. The highest BCUT2D eigenvalue weighted by Gasteiger charge is 2.15. The number of esters is 1. The number of anilines is 1. The smallest absolute Gasteiger partial charge is 0.325 e. The summed E-state index contributed by atoms with van der Waals surface area (Å²) >= 11 is 8.17. The van der Waals surface area contributed by atoms with Gasteiger partial charge < -0.3 is 15.6 Å². The number of carbonyl (C=O) groups is 1. The number of nitrogens with two attached hydrogens (primary N) is 1. The lowest BCUT2D eigenvalue weighted by molar-refractivity contribution is -0.137.